The third kappa shape index (κ3) is 6.26. The summed E-state index contributed by atoms with van der Waals surface area (Å²) in [4.78, 5) is 38.3. The molecule has 1 aliphatic rings. The molecule has 1 unspecified atom stereocenters. The number of amides is 4. The number of urea groups is 1. The number of carbonyl (C=O) groups excluding carboxylic acids is 3. The van der Waals surface area contributed by atoms with Gasteiger partial charge < -0.3 is 20.9 Å². The van der Waals surface area contributed by atoms with Crippen LogP contribution in [0.2, 0.25) is 0 Å². The van der Waals surface area contributed by atoms with E-state index in [0.717, 1.165) is 0 Å². The van der Waals surface area contributed by atoms with Crippen molar-refractivity contribution in [1.82, 2.24) is 15.5 Å². The maximum absolute atomic E-state index is 14.0. The van der Waals surface area contributed by atoms with Gasteiger partial charge in [0.1, 0.15) is 17.7 Å². The molecule has 3 N–H and O–H groups in total. The fourth-order valence-corrected chi connectivity index (χ4v) is 3.62. The van der Waals surface area contributed by atoms with E-state index in [9.17, 15) is 23.2 Å². The van der Waals surface area contributed by atoms with Gasteiger partial charge >= 0.3 is 6.03 Å². The number of likely N-dealkylation sites (tertiary alicyclic amines) is 1. The second-order valence-corrected chi connectivity index (χ2v) is 7.73. The molecule has 0 radical (unpaired) electrons. The number of carbonyl (C=O) groups is 3. The second-order valence-electron chi connectivity index (χ2n) is 7.73. The van der Waals surface area contributed by atoms with Gasteiger partial charge in [0.25, 0.3) is 0 Å². The van der Waals surface area contributed by atoms with E-state index in [4.69, 9.17) is 0 Å². The van der Waals surface area contributed by atoms with Gasteiger partial charge in [0.2, 0.25) is 11.8 Å². The number of nitrogens with zero attached hydrogens (tertiary/aromatic N) is 1. The van der Waals surface area contributed by atoms with Gasteiger partial charge in [-0.3, -0.25) is 9.59 Å². The number of nitrogens with one attached hydrogen (secondary N) is 3. The fourth-order valence-electron chi connectivity index (χ4n) is 3.62. The van der Waals surface area contributed by atoms with Crippen LogP contribution in [0, 0.1) is 11.6 Å². The lowest BCUT2D eigenvalue weighted by Gasteiger charge is -2.33. The maximum atomic E-state index is 14.0. The lowest BCUT2D eigenvalue weighted by molar-refractivity contribution is -0.128. The number of halogens is 2. The van der Waals surface area contributed by atoms with Crippen molar-refractivity contribution in [2.45, 2.75) is 38.3 Å². The second kappa shape index (κ2) is 10.7. The first-order valence-corrected chi connectivity index (χ1v) is 10.4. The van der Waals surface area contributed by atoms with Gasteiger partial charge in [-0.2, -0.15) is 0 Å². The van der Waals surface area contributed by atoms with Gasteiger partial charge in [-0.15, -0.1) is 0 Å². The number of hydrogen-bond donors (Lipinski definition) is 3. The molecule has 170 valence electrons. The van der Waals surface area contributed by atoms with Crippen LogP contribution in [-0.2, 0) is 16.0 Å². The van der Waals surface area contributed by atoms with Crippen LogP contribution in [0.25, 0.3) is 0 Å². The van der Waals surface area contributed by atoms with Gasteiger partial charge in [0.15, 0.2) is 0 Å². The molecular weight excluding hydrogens is 418 g/mol. The molecule has 1 heterocycles. The van der Waals surface area contributed by atoms with Crippen LogP contribution >= 0.6 is 0 Å². The van der Waals surface area contributed by atoms with Crippen LogP contribution in [0.3, 0.4) is 0 Å². The first kappa shape index (κ1) is 23.2. The van der Waals surface area contributed by atoms with Crippen molar-refractivity contribution in [2.24, 2.45) is 0 Å². The van der Waals surface area contributed by atoms with E-state index >= 15 is 0 Å². The molecule has 0 aliphatic carbocycles. The standard InChI is InChI=1S/C23H26F2N4O3/c1-15(30)26-21(14-16-6-2-3-7-18(16)24)22(31)27-17-10-12-29(13-11-17)23(32)28-20-9-5-4-8-19(20)25/h2-9,17,21H,10-14H2,1H3,(H,26,30)(H,27,31)(H,28,32). The molecule has 4 amide bonds. The predicted molar refractivity (Wildman–Crippen MR) is 116 cm³/mol. The zero-order chi connectivity index (χ0) is 23.1. The molecule has 1 atom stereocenters. The number of benzene rings is 2. The van der Waals surface area contributed by atoms with Crippen LogP contribution in [0.1, 0.15) is 25.3 Å². The summed E-state index contributed by atoms with van der Waals surface area (Å²) in [5.74, 6) is -1.74. The summed E-state index contributed by atoms with van der Waals surface area (Å²) >= 11 is 0. The van der Waals surface area contributed by atoms with E-state index in [2.05, 4.69) is 16.0 Å². The topological polar surface area (TPSA) is 90.5 Å². The Morgan fingerprint density at radius 3 is 2.25 bits per heavy atom. The molecule has 7 nitrogen and oxygen atoms in total. The molecule has 32 heavy (non-hydrogen) atoms. The molecule has 1 saturated heterocycles. The van der Waals surface area contributed by atoms with Gasteiger partial charge in [0.05, 0.1) is 5.69 Å². The van der Waals surface area contributed by atoms with Gasteiger partial charge in [0, 0.05) is 32.5 Å². The van der Waals surface area contributed by atoms with Crippen molar-refractivity contribution in [3.8, 4) is 0 Å². The zero-order valence-corrected chi connectivity index (χ0v) is 17.7. The Morgan fingerprint density at radius 1 is 1.00 bits per heavy atom. The Hall–Kier alpha value is -3.49. The van der Waals surface area contributed by atoms with E-state index in [1.807, 2.05) is 0 Å². The average molecular weight is 444 g/mol. The van der Waals surface area contributed by atoms with Crippen molar-refractivity contribution >= 4 is 23.5 Å². The lowest BCUT2D eigenvalue weighted by atomic mass is 10.0. The fraction of sp³-hybridized carbons (Fsp3) is 0.348. The van der Waals surface area contributed by atoms with Crippen LogP contribution < -0.4 is 16.0 Å². The van der Waals surface area contributed by atoms with Crippen molar-refractivity contribution in [2.75, 3.05) is 18.4 Å². The van der Waals surface area contributed by atoms with Gasteiger partial charge in [-0.25, -0.2) is 13.6 Å². The monoisotopic (exact) mass is 444 g/mol. The first-order chi connectivity index (χ1) is 15.3. The van der Waals surface area contributed by atoms with Crippen molar-refractivity contribution < 1.29 is 23.2 Å². The number of para-hydroxylation sites is 1. The third-order valence-corrected chi connectivity index (χ3v) is 5.32. The number of piperidine rings is 1. The minimum Gasteiger partial charge on any atom is -0.351 e. The normalized spacial score (nSPS) is 15.0. The Kier molecular flexibility index (Phi) is 7.75. The molecule has 1 aliphatic heterocycles. The number of anilines is 1. The number of rotatable bonds is 6. The van der Waals surface area contributed by atoms with Crippen LogP contribution in [0.5, 0.6) is 0 Å². The summed E-state index contributed by atoms with van der Waals surface area (Å²) in [6.45, 7) is 2.06. The maximum Gasteiger partial charge on any atom is 0.321 e. The van der Waals surface area contributed by atoms with Crippen molar-refractivity contribution in [3.05, 3.63) is 65.7 Å². The van der Waals surface area contributed by atoms with E-state index in [1.165, 1.54) is 25.1 Å². The SMILES string of the molecule is CC(=O)NC(Cc1ccccc1F)C(=O)NC1CCN(C(=O)Nc2ccccc2F)CC1. The average Bonchev–Trinajstić information content (AvgIpc) is 2.76. The highest BCUT2D eigenvalue weighted by Crippen LogP contribution is 2.16. The van der Waals surface area contributed by atoms with Crippen molar-refractivity contribution in [3.63, 3.8) is 0 Å². The van der Waals surface area contributed by atoms with Gasteiger partial charge in [-0.05, 0) is 36.6 Å². The Morgan fingerprint density at radius 2 is 1.62 bits per heavy atom. The van der Waals surface area contributed by atoms with E-state index in [0.29, 0.717) is 31.5 Å². The highest BCUT2D eigenvalue weighted by Gasteiger charge is 2.28. The van der Waals surface area contributed by atoms with E-state index in [1.54, 1.807) is 35.2 Å². The molecule has 0 saturated carbocycles. The Balaban J connectivity index is 1.53. The van der Waals surface area contributed by atoms with E-state index in [-0.39, 0.29) is 24.1 Å². The van der Waals surface area contributed by atoms with Crippen LogP contribution in [-0.4, -0.2) is 47.9 Å². The molecule has 2 aromatic carbocycles. The van der Waals surface area contributed by atoms with Gasteiger partial charge in [-0.1, -0.05) is 30.3 Å². The lowest BCUT2D eigenvalue weighted by Crippen LogP contribution is -2.53. The van der Waals surface area contributed by atoms with Crippen molar-refractivity contribution in [1.29, 1.82) is 0 Å². The summed E-state index contributed by atoms with van der Waals surface area (Å²) in [6, 6.07) is 10.5. The molecule has 0 spiro atoms. The summed E-state index contributed by atoms with van der Waals surface area (Å²) in [5.41, 5.74) is 0.445. The smallest absolute Gasteiger partial charge is 0.321 e. The summed E-state index contributed by atoms with van der Waals surface area (Å²) in [5, 5.41) is 8.01. The van der Waals surface area contributed by atoms with E-state index < -0.39 is 29.6 Å². The predicted octanol–water partition coefficient (Wildman–Crippen LogP) is 2.82. The molecule has 2 aromatic rings. The number of hydrogen-bond acceptors (Lipinski definition) is 3. The summed E-state index contributed by atoms with van der Waals surface area (Å²) in [6.07, 6.45) is 1.04. The van der Waals surface area contributed by atoms with Crippen LogP contribution in [0.15, 0.2) is 48.5 Å². The summed E-state index contributed by atoms with van der Waals surface area (Å²) in [7, 11) is 0. The highest BCUT2D eigenvalue weighted by molar-refractivity contribution is 5.89. The largest absolute Gasteiger partial charge is 0.351 e. The highest BCUT2D eigenvalue weighted by atomic mass is 19.1. The molecule has 9 heteroatoms. The Bertz CT molecular complexity index is 977. The van der Waals surface area contributed by atoms with Crippen LogP contribution in [0.4, 0.5) is 19.3 Å². The molecule has 0 aromatic heterocycles. The first-order valence-electron chi connectivity index (χ1n) is 10.4. The molecule has 1 fully saturated rings. The third-order valence-electron chi connectivity index (χ3n) is 5.32. The molecular formula is C23H26F2N4O3. The molecule has 3 rings (SSSR count). The molecule has 0 bridgehead atoms. The minimum atomic E-state index is -0.910. The summed E-state index contributed by atoms with van der Waals surface area (Å²) < 4.78 is 27.7. The quantitative estimate of drug-likeness (QED) is 0.640. The zero-order valence-electron chi connectivity index (χ0n) is 17.7. The minimum absolute atomic E-state index is 0.0297. The Labute approximate surface area is 185 Å².